The van der Waals surface area contributed by atoms with Gasteiger partial charge in [0.05, 0.1) is 12.3 Å². The SMILES string of the molecule is CCCOc1nc(N)nc(-n2nc(C)c(C)c2C)n1. The lowest BCUT2D eigenvalue weighted by Crippen LogP contribution is -2.11. The quantitative estimate of drug-likeness (QED) is 0.894. The van der Waals surface area contributed by atoms with Crippen LogP contribution in [0.15, 0.2) is 0 Å². The van der Waals surface area contributed by atoms with Gasteiger partial charge in [0, 0.05) is 5.69 Å². The lowest BCUT2D eigenvalue weighted by molar-refractivity contribution is 0.291. The number of nitrogens with zero attached hydrogens (tertiary/aromatic N) is 5. The highest BCUT2D eigenvalue weighted by molar-refractivity contribution is 5.31. The van der Waals surface area contributed by atoms with Crippen LogP contribution in [0.4, 0.5) is 5.95 Å². The van der Waals surface area contributed by atoms with Gasteiger partial charge in [0.25, 0.3) is 5.95 Å². The summed E-state index contributed by atoms with van der Waals surface area (Å²) in [6.07, 6.45) is 0.875. The summed E-state index contributed by atoms with van der Waals surface area (Å²) in [4.78, 5) is 12.3. The highest BCUT2D eigenvalue weighted by atomic mass is 16.5. The second-order valence-electron chi connectivity index (χ2n) is 4.33. The summed E-state index contributed by atoms with van der Waals surface area (Å²) in [5.41, 5.74) is 8.70. The number of anilines is 1. The Hall–Kier alpha value is -2.18. The van der Waals surface area contributed by atoms with Gasteiger partial charge in [-0.1, -0.05) is 6.92 Å². The number of ether oxygens (including phenoxy) is 1. The van der Waals surface area contributed by atoms with Crippen LogP contribution in [0.1, 0.15) is 30.3 Å². The highest BCUT2D eigenvalue weighted by Gasteiger charge is 2.13. The van der Waals surface area contributed by atoms with Gasteiger partial charge in [-0.2, -0.15) is 20.1 Å². The van der Waals surface area contributed by atoms with E-state index >= 15 is 0 Å². The number of aromatic nitrogens is 5. The zero-order chi connectivity index (χ0) is 14.0. The summed E-state index contributed by atoms with van der Waals surface area (Å²) in [5, 5.41) is 4.40. The van der Waals surface area contributed by atoms with Crippen molar-refractivity contribution in [2.45, 2.75) is 34.1 Å². The molecule has 0 aliphatic rings. The molecule has 0 unspecified atom stereocenters. The standard InChI is InChI=1S/C12H18N6O/c1-5-6-19-12-15-10(13)14-11(16-12)18-9(4)7(2)8(3)17-18/h5-6H2,1-4H3,(H2,13,14,15,16). The maximum Gasteiger partial charge on any atom is 0.323 e. The van der Waals surface area contributed by atoms with Crippen molar-refractivity contribution < 1.29 is 4.74 Å². The summed E-state index contributed by atoms with van der Waals surface area (Å²) in [7, 11) is 0. The highest BCUT2D eigenvalue weighted by Crippen LogP contribution is 2.16. The number of nitrogens with two attached hydrogens (primary N) is 1. The number of hydrogen-bond donors (Lipinski definition) is 1. The molecule has 0 spiro atoms. The Morgan fingerprint density at radius 1 is 1.16 bits per heavy atom. The fourth-order valence-electron chi connectivity index (χ4n) is 1.63. The molecular weight excluding hydrogens is 244 g/mol. The van der Waals surface area contributed by atoms with Gasteiger partial charge >= 0.3 is 6.01 Å². The fourth-order valence-corrected chi connectivity index (χ4v) is 1.63. The minimum absolute atomic E-state index is 0.126. The summed E-state index contributed by atoms with van der Waals surface area (Å²) in [5.74, 6) is 0.508. The van der Waals surface area contributed by atoms with E-state index in [1.165, 1.54) is 0 Å². The van der Waals surface area contributed by atoms with Gasteiger partial charge in [0.2, 0.25) is 5.95 Å². The Morgan fingerprint density at radius 3 is 2.47 bits per heavy atom. The molecule has 0 aliphatic heterocycles. The molecule has 7 nitrogen and oxygen atoms in total. The molecule has 2 aromatic rings. The van der Waals surface area contributed by atoms with Crippen molar-refractivity contribution in [2.75, 3.05) is 12.3 Å². The van der Waals surface area contributed by atoms with Crippen LogP contribution in [-0.2, 0) is 0 Å². The second kappa shape index (κ2) is 5.21. The van der Waals surface area contributed by atoms with E-state index in [1.54, 1.807) is 4.68 Å². The molecule has 2 rings (SSSR count). The predicted octanol–water partition coefficient (Wildman–Crippen LogP) is 1.35. The maximum atomic E-state index is 5.68. The van der Waals surface area contributed by atoms with Crippen LogP contribution in [0, 0.1) is 20.8 Å². The van der Waals surface area contributed by atoms with Gasteiger partial charge < -0.3 is 10.5 Å². The summed E-state index contributed by atoms with van der Waals surface area (Å²) in [6.45, 7) is 8.46. The molecule has 0 saturated heterocycles. The van der Waals surface area contributed by atoms with Gasteiger partial charge in [-0.05, 0) is 32.8 Å². The third-order valence-electron chi connectivity index (χ3n) is 2.90. The smallest absolute Gasteiger partial charge is 0.323 e. The van der Waals surface area contributed by atoms with E-state index in [-0.39, 0.29) is 12.0 Å². The molecule has 19 heavy (non-hydrogen) atoms. The van der Waals surface area contributed by atoms with Gasteiger partial charge in [-0.15, -0.1) is 0 Å². The van der Waals surface area contributed by atoms with Crippen molar-refractivity contribution in [2.24, 2.45) is 0 Å². The molecule has 2 heterocycles. The monoisotopic (exact) mass is 262 g/mol. The van der Waals surface area contributed by atoms with Crippen LogP contribution in [0.5, 0.6) is 6.01 Å². The van der Waals surface area contributed by atoms with Crippen LogP contribution in [0.2, 0.25) is 0 Å². The Labute approximate surface area is 111 Å². The zero-order valence-electron chi connectivity index (χ0n) is 11.6. The third-order valence-corrected chi connectivity index (χ3v) is 2.90. The fraction of sp³-hybridized carbons (Fsp3) is 0.500. The van der Waals surface area contributed by atoms with Gasteiger partial charge in [-0.3, -0.25) is 0 Å². The number of aryl methyl sites for hydroxylation is 1. The Bertz CT molecular complexity index is 592. The van der Waals surface area contributed by atoms with E-state index in [1.807, 2.05) is 27.7 Å². The Kier molecular flexibility index (Phi) is 3.64. The topological polar surface area (TPSA) is 91.7 Å². The van der Waals surface area contributed by atoms with E-state index < -0.39 is 0 Å². The average molecular weight is 262 g/mol. The third kappa shape index (κ3) is 2.64. The molecule has 102 valence electrons. The molecule has 7 heteroatoms. The molecular formula is C12H18N6O. The lowest BCUT2D eigenvalue weighted by Gasteiger charge is -2.06. The van der Waals surface area contributed by atoms with Crippen molar-refractivity contribution in [3.8, 4) is 12.0 Å². The first-order chi connectivity index (χ1) is 9.02. The Morgan fingerprint density at radius 2 is 1.89 bits per heavy atom. The lowest BCUT2D eigenvalue weighted by atomic mass is 10.2. The van der Waals surface area contributed by atoms with Crippen molar-refractivity contribution >= 4 is 5.95 Å². The van der Waals surface area contributed by atoms with Gasteiger partial charge in [-0.25, -0.2) is 4.68 Å². The largest absolute Gasteiger partial charge is 0.463 e. The molecule has 0 aliphatic carbocycles. The van der Waals surface area contributed by atoms with Crippen molar-refractivity contribution in [3.05, 3.63) is 17.0 Å². The van der Waals surface area contributed by atoms with E-state index in [4.69, 9.17) is 10.5 Å². The first-order valence-corrected chi connectivity index (χ1v) is 6.20. The van der Waals surface area contributed by atoms with Crippen LogP contribution in [0.3, 0.4) is 0 Å². The van der Waals surface area contributed by atoms with Crippen molar-refractivity contribution in [1.82, 2.24) is 24.7 Å². The molecule has 2 aromatic heterocycles. The molecule has 0 saturated carbocycles. The summed E-state index contributed by atoms with van der Waals surface area (Å²) < 4.78 is 7.05. The van der Waals surface area contributed by atoms with E-state index in [0.29, 0.717) is 12.6 Å². The molecule has 0 atom stereocenters. The Balaban J connectivity index is 2.43. The number of rotatable bonds is 4. The molecule has 0 aromatic carbocycles. The van der Waals surface area contributed by atoms with Crippen LogP contribution < -0.4 is 10.5 Å². The second-order valence-corrected chi connectivity index (χ2v) is 4.33. The molecule has 0 fully saturated rings. The van der Waals surface area contributed by atoms with Crippen molar-refractivity contribution in [1.29, 1.82) is 0 Å². The predicted molar refractivity (Wildman–Crippen MR) is 71.4 cm³/mol. The van der Waals surface area contributed by atoms with Gasteiger partial charge in [0.1, 0.15) is 0 Å². The molecule has 0 radical (unpaired) electrons. The normalized spacial score (nSPS) is 10.7. The van der Waals surface area contributed by atoms with Crippen LogP contribution >= 0.6 is 0 Å². The van der Waals surface area contributed by atoms with Crippen LogP contribution in [-0.4, -0.2) is 31.3 Å². The van der Waals surface area contributed by atoms with Crippen molar-refractivity contribution in [3.63, 3.8) is 0 Å². The number of nitrogen functional groups attached to an aromatic ring is 1. The van der Waals surface area contributed by atoms with Crippen LogP contribution in [0.25, 0.3) is 5.95 Å². The molecule has 0 amide bonds. The summed E-state index contributed by atoms with van der Waals surface area (Å²) >= 11 is 0. The molecule has 2 N–H and O–H groups in total. The number of hydrogen-bond acceptors (Lipinski definition) is 6. The van der Waals surface area contributed by atoms with E-state index in [0.717, 1.165) is 23.4 Å². The maximum absolute atomic E-state index is 5.68. The first kappa shape index (κ1) is 13.3. The van der Waals surface area contributed by atoms with Gasteiger partial charge in [0.15, 0.2) is 0 Å². The average Bonchev–Trinajstić information content (AvgIpc) is 2.63. The molecule has 0 bridgehead atoms. The van der Waals surface area contributed by atoms with E-state index in [2.05, 4.69) is 20.1 Å². The van der Waals surface area contributed by atoms with E-state index in [9.17, 15) is 0 Å². The minimum atomic E-state index is 0.126. The zero-order valence-corrected chi connectivity index (χ0v) is 11.6. The first-order valence-electron chi connectivity index (χ1n) is 6.20. The summed E-state index contributed by atoms with van der Waals surface area (Å²) in [6, 6.07) is 0.231. The minimum Gasteiger partial charge on any atom is -0.463 e.